The largest absolute Gasteiger partial charge is 0.497 e. The molecule has 0 unspecified atom stereocenters. The van der Waals surface area contributed by atoms with Crippen molar-refractivity contribution in [2.45, 2.75) is 4.90 Å². The van der Waals surface area contributed by atoms with Gasteiger partial charge in [0.15, 0.2) is 11.6 Å². The summed E-state index contributed by atoms with van der Waals surface area (Å²) in [6.07, 6.45) is 2.82. The smallest absolute Gasteiger partial charge is 0.263 e. The van der Waals surface area contributed by atoms with Gasteiger partial charge in [0.25, 0.3) is 10.0 Å². The normalized spacial score (nSPS) is 11.0. The zero-order valence-corrected chi connectivity index (χ0v) is 16.6. The van der Waals surface area contributed by atoms with Crippen molar-refractivity contribution in [3.8, 4) is 11.5 Å². The highest BCUT2D eigenvalue weighted by Crippen LogP contribution is 2.33. The van der Waals surface area contributed by atoms with Crippen LogP contribution in [0.2, 0.25) is 5.02 Å². The fraction of sp³-hybridized carbons (Fsp3) is 0.111. The van der Waals surface area contributed by atoms with E-state index in [9.17, 15) is 8.42 Å². The van der Waals surface area contributed by atoms with Crippen molar-refractivity contribution in [1.82, 2.24) is 9.97 Å². The lowest BCUT2D eigenvalue weighted by Gasteiger charge is -2.15. The highest BCUT2D eigenvalue weighted by Gasteiger charge is 2.18. The minimum atomic E-state index is -3.88. The van der Waals surface area contributed by atoms with Gasteiger partial charge in [0, 0.05) is 23.5 Å². The molecule has 3 aromatic rings. The van der Waals surface area contributed by atoms with Gasteiger partial charge in [-0.1, -0.05) is 11.6 Å². The minimum Gasteiger partial charge on any atom is -0.497 e. The second-order valence-electron chi connectivity index (χ2n) is 5.50. The standard InChI is InChI=1S/C18H17ClN4O4S/c1-26-13-5-8-16(27-2)15(11-13)22-17-18(21-10-9-20-17)23-28(24,25)14-6-3-12(19)4-7-14/h3-11H,1-2H3,(H,20,22)(H,21,23). The van der Waals surface area contributed by atoms with E-state index in [0.717, 1.165) is 0 Å². The number of anilines is 3. The molecule has 2 N–H and O–H groups in total. The zero-order valence-electron chi connectivity index (χ0n) is 15.0. The Morgan fingerprint density at radius 1 is 0.929 bits per heavy atom. The van der Waals surface area contributed by atoms with Crippen LogP contribution in [0, 0.1) is 0 Å². The molecule has 3 rings (SSSR count). The van der Waals surface area contributed by atoms with Crippen LogP contribution in [0.5, 0.6) is 11.5 Å². The minimum absolute atomic E-state index is 0.0299. The number of nitrogens with zero attached hydrogens (tertiary/aromatic N) is 2. The number of methoxy groups -OCH3 is 2. The van der Waals surface area contributed by atoms with Gasteiger partial charge >= 0.3 is 0 Å². The molecule has 0 bridgehead atoms. The van der Waals surface area contributed by atoms with Crippen molar-refractivity contribution < 1.29 is 17.9 Å². The van der Waals surface area contributed by atoms with Gasteiger partial charge in [0.1, 0.15) is 11.5 Å². The molecule has 1 aromatic heterocycles. The maximum absolute atomic E-state index is 12.6. The number of aromatic nitrogens is 2. The van der Waals surface area contributed by atoms with Crippen molar-refractivity contribution in [2.24, 2.45) is 0 Å². The Balaban J connectivity index is 1.93. The van der Waals surface area contributed by atoms with Crippen LogP contribution in [0.25, 0.3) is 0 Å². The molecule has 8 nitrogen and oxygen atoms in total. The summed E-state index contributed by atoms with van der Waals surface area (Å²) in [4.78, 5) is 8.32. The molecular formula is C18H17ClN4O4S. The Kier molecular flexibility index (Phi) is 5.86. The highest BCUT2D eigenvalue weighted by molar-refractivity contribution is 7.92. The van der Waals surface area contributed by atoms with Gasteiger partial charge in [0.2, 0.25) is 0 Å². The van der Waals surface area contributed by atoms with E-state index in [-0.39, 0.29) is 16.5 Å². The van der Waals surface area contributed by atoms with E-state index in [1.54, 1.807) is 25.3 Å². The summed E-state index contributed by atoms with van der Waals surface area (Å²) in [6, 6.07) is 10.9. The predicted octanol–water partition coefficient (Wildman–Crippen LogP) is 3.69. The summed E-state index contributed by atoms with van der Waals surface area (Å²) in [5, 5.41) is 3.46. The number of nitrogens with one attached hydrogen (secondary N) is 2. The number of ether oxygens (including phenoxy) is 2. The molecule has 0 atom stereocenters. The Bertz CT molecular complexity index is 1080. The molecule has 2 aromatic carbocycles. The van der Waals surface area contributed by atoms with Crippen molar-refractivity contribution in [3.63, 3.8) is 0 Å². The molecule has 10 heteroatoms. The van der Waals surface area contributed by atoms with Gasteiger partial charge < -0.3 is 14.8 Å². The van der Waals surface area contributed by atoms with Crippen LogP contribution in [0.3, 0.4) is 0 Å². The molecule has 0 aliphatic carbocycles. The summed E-state index contributed by atoms with van der Waals surface area (Å²) in [6.45, 7) is 0. The number of sulfonamides is 1. The van der Waals surface area contributed by atoms with E-state index < -0.39 is 10.0 Å². The van der Waals surface area contributed by atoms with Gasteiger partial charge in [-0.05, 0) is 36.4 Å². The summed E-state index contributed by atoms with van der Waals surface area (Å²) in [7, 11) is -0.818. The van der Waals surface area contributed by atoms with Gasteiger partial charge in [0.05, 0.1) is 24.8 Å². The molecule has 0 fully saturated rings. The molecule has 1 heterocycles. The van der Waals surface area contributed by atoms with Crippen molar-refractivity contribution in [3.05, 3.63) is 59.9 Å². The summed E-state index contributed by atoms with van der Waals surface area (Å²) < 4.78 is 38.3. The first-order valence-electron chi connectivity index (χ1n) is 8.01. The molecule has 146 valence electrons. The van der Waals surface area contributed by atoms with E-state index >= 15 is 0 Å². The lowest BCUT2D eigenvalue weighted by atomic mass is 10.2. The lowest BCUT2D eigenvalue weighted by molar-refractivity contribution is 0.405. The first-order chi connectivity index (χ1) is 13.4. The van der Waals surface area contributed by atoms with Crippen molar-refractivity contribution in [1.29, 1.82) is 0 Å². The number of rotatable bonds is 7. The fourth-order valence-corrected chi connectivity index (χ4v) is 3.49. The molecule has 0 saturated carbocycles. The van der Waals surface area contributed by atoms with Crippen LogP contribution in [0.1, 0.15) is 0 Å². The van der Waals surface area contributed by atoms with Gasteiger partial charge in [-0.3, -0.25) is 4.72 Å². The first kappa shape index (κ1) is 19.7. The Morgan fingerprint density at radius 3 is 2.25 bits per heavy atom. The van der Waals surface area contributed by atoms with Crippen molar-refractivity contribution in [2.75, 3.05) is 24.3 Å². The zero-order chi connectivity index (χ0) is 20.1. The number of benzene rings is 2. The molecule has 0 radical (unpaired) electrons. The van der Waals surface area contributed by atoms with Crippen LogP contribution < -0.4 is 19.5 Å². The van der Waals surface area contributed by atoms with Crippen LogP contribution in [-0.2, 0) is 10.0 Å². The molecule has 0 aliphatic rings. The Hall–Kier alpha value is -3.04. The SMILES string of the molecule is COc1ccc(OC)c(Nc2nccnc2NS(=O)(=O)c2ccc(Cl)cc2)c1. The Labute approximate surface area is 167 Å². The molecule has 0 saturated heterocycles. The molecule has 0 amide bonds. The highest BCUT2D eigenvalue weighted by atomic mass is 35.5. The summed E-state index contributed by atoms with van der Waals surface area (Å²) in [5.74, 6) is 1.35. The first-order valence-corrected chi connectivity index (χ1v) is 9.87. The third-order valence-electron chi connectivity index (χ3n) is 3.71. The second-order valence-corrected chi connectivity index (χ2v) is 7.62. The number of hydrogen-bond acceptors (Lipinski definition) is 7. The monoisotopic (exact) mass is 420 g/mol. The lowest BCUT2D eigenvalue weighted by Crippen LogP contribution is -2.15. The van der Waals surface area contributed by atoms with E-state index in [4.69, 9.17) is 21.1 Å². The summed E-state index contributed by atoms with van der Waals surface area (Å²) >= 11 is 5.82. The van der Waals surface area contributed by atoms with E-state index in [1.807, 2.05) is 0 Å². The van der Waals surface area contributed by atoms with Crippen LogP contribution >= 0.6 is 11.6 Å². The second kappa shape index (κ2) is 8.32. The molecule has 0 spiro atoms. The average molecular weight is 421 g/mol. The predicted molar refractivity (Wildman–Crippen MR) is 107 cm³/mol. The van der Waals surface area contributed by atoms with Crippen LogP contribution in [0.4, 0.5) is 17.3 Å². The van der Waals surface area contributed by atoms with Crippen molar-refractivity contribution >= 4 is 38.9 Å². The van der Waals surface area contributed by atoms with Gasteiger partial charge in [-0.2, -0.15) is 0 Å². The Morgan fingerprint density at radius 2 is 1.61 bits per heavy atom. The third kappa shape index (κ3) is 4.44. The maximum atomic E-state index is 12.6. The molecule has 0 aliphatic heterocycles. The molecule has 28 heavy (non-hydrogen) atoms. The maximum Gasteiger partial charge on any atom is 0.263 e. The number of hydrogen-bond donors (Lipinski definition) is 2. The number of halogens is 1. The molecular weight excluding hydrogens is 404 g/mol. The third-order valence-corrected chi connectivity index (χ3v) is 5.32. The van der Waals surface area contributed by atoms with Gasteiger partial charge in [-0.25, -0.2) is 18.4 Å². The van der Waals surface area contributed by atoms with Crippen LogP contribution in [-0.4, -0.2) is 32.6 Å². The van der Waals surface area contributed by atoms with Gasteiger partial charge in [-0.15, -0.1) is 0 Å². The van der Waals surface area contributed by atoms with E-state index in [0.29, 0.717) is 22.2 Å². The van der Waals surface area contributed by atoms with E-state index in [2.05, 4.69) is 20.0 Å². The fourth-order valence-electron chi connectivity index (χ4n) is 2.34. The topological polar surface area (TPSA) is 102 Å². The summed E-state index contributed by atoms with van der Waals surface area (Å²) in [5.41, 5.74) is 0.536. The van der Waals surface area contributed by atoms with E-state index in [1.165, 1.54) is 43.8 Å². The quantitative estimate of drug-likeness (QED) is 0.600. The average Bonchev–Trinajstić information content (AvgIpc) is 2.69. The van der Waals surface area contributed by atoms with Crippen LogP contribution in [0.15, 0.2) is 59.8 Å².